The topological polar surface area (TPSA) is 115 Å². The quantitative estimate of drug-likeness (QED) is 0.427. The first-order valence-electron chi connectivity index (χ1n) is 9.85. The van der Waals surface area contributed by atoms with Crippen LogP contribution in [-0.2, 0) is 6.42 Å². The first-order valence-corrected chi connectivity index (χ1v) is 10.2. The zero-order valence-electron chi connectivity index (χ0n) is 17.1. The SMILES string of the molecule is CCCc1nc2cccc(F)c2c(=O)n1-c1cccc(Cl)c1.Nc1ncnc2nc[nH]c12. The first-order chi connectivity index (χ1) is 15.5. The standard InChI is InChI=1S/C17H14ClFN2O.C5H5N5/c1-2-5-15-20-14-9-4-8-13(19)16(14)17(22)21(15)12-7-3-6-11(18)10-12;6-4-3-5(9-1-7-3)10-2-8-4/h3-4,6-10H,2,5H2,1H3;1-2H,(H3,6,7,8,9,10). The van der Waals surface area contributed by atoms with Crippen LogP contribution in [0.5, 0.6) is 0 Å². The molecule has 0 bridgehead atoms. The molecule has 162 valence electrons. The molecule has 8 nitrogen and oxygen atoms in total. The maximum atomic E-state index is 14.1. The van der Waals surface area contributed by atoms with Gasteiger partial charge < -0.3 is 10.7 Å². The molecule has 0 radical (unpaired) electrons. The second-order valence-electron chi connectivity index (χ2n) is 6.89. The second kappa shape index (κ2) is 9.11. The van der Waals surface area contributed by atoms with Gasteiger partial charge in [-0.3, -0.25) is 9.36 Å². The third-order valence-electron chi connectivity index (χ3n) is 4.71. The van der Waals surface area contributed by atoms with Crippen LogP contribution in [0.15, 0.2) is 59.9 Å². The van der Waals surface area contributed by atoms with Crippen molar-refractivity contribution in [3.63, 3.8) is 0 Å². The highest BCUT2D eigenvalue weighted by molar-refractivity contribution is 6.30. The summed E-state index contributed by atoms with van der Waals surface area (Å²) in [5.74, 6) is 0.476. The number of aromatic nitrogens is 6. The highest BCUT2D eigenvalue weighted by Gasteiger charge is 2.15. The molecule has 3 aromatic heterocycles. The van der Waals surface area contributed by atoms with Gasteiger partial charge in [-0.2, -0.15) is 0 Å². The Kier molecular flexibility index (Phi) is 6.09. The van der Waals surface area contributed by atoms with Gasteiger partial charge in [0.05, 0.1) is 17.5 Å². The van der Waals surface area contributed by atoms with E-state index in [1.807, 2.05) is 6.92 Å². The summed E-state index contributed by atoms with van der Waals surface area (Å²) in [7, 11) is 0. The summed E-state index contributed by atoms with van der Waals surface area (Å²) in [6.45, 7) is 2.00. The Hall–Kier alpha value is -3.85. The van der Waals surface area contributed by atoms with Crippen LogP contribution in [0, 0.1) is 5.82 Å². The number of aryl methyl sites for hydroxylation is 1. The predicted molar refractivity (Wildman–Crippen MR) is 122 cm³/mol. The maximum absolute atomic E-state index is 14.1. The van der Waals surface area contributed by atoms with Crippen molar-refractivity contribution in [1.29, 1.82) is 0 Å². The van der Waals surface area contributed by atoms with E-state index < -0.39 is 11.4 Å². The summed E-state index contributed by atoms with van der Waals surface area (Å²) < 4.78 is 15.5. The first kappa shape index (κ1) is 21.4. The molecule has 0 fully saturated rings. The number of nitrogens with one attached hydrogen (secondary N) is 1. The molecule has 0 unspecified atom stereocenters. The van der Waals surface area contributed by atoms with Gasteiger partial charge in [0.2, 0.25) is 0 Å². The number of halogens is 2. The molecule has 2 aromatic carbocycles. The number of anilines is 1. The second-order valence-corrected chi connectivity index (χ2v) is 7.33. The molecule has 32 heavy (non-hydrogen) atoms. The van der Waals surface area contributed by atoms with E-state index in [0.29, 0.717) is 45.5 Å². The fourth-order valence-corrected chi connectivity index (χ4v) is 3.48. The van der Waals surface area contributed by atoms with Crippen LogP contribution in [-0.4, -0.2) is 29.5 Å². The Labute approximate surface area is 186 Å². The van der Waals surface area contributed by atoms with Crippen molar-refractivity contribution in [3.8, 4) is 5.69 Å². The number of hydrogen-bond acceptors (Lipinski definition) is 6. The van der Waals surface area contributed by atoms with Gasteiger partial charge in [0, 0.05) is 11.4 Å². The number of imidazole rings is 1. The summed E-state index contributed by atoms with van der Waals surface area (Å²) in [6.07, 6.45) is 4.37. The lowest BCUT2D eigenvalue weighted by Gasteiger charge is -2.13. The van der Waals surface area contributed by atoms with Gasteiger partial charge in [-0.05, 0) is 36.8 Å². The lowest BCUT2D eigenvalue weighted by atomic mass is 10.2. The van der Waals surface area contributed by atoms with Crippen molar-refractivity contribution < 1.29 is 4.39 Å². The molecule has 5 rings (SSSR count). The van der Waals surface area contributed by atoms with Crippen LogP contribution >= 0.6 is 11.6 Å². The van der Waals surface area contributed by atoms with E-state index in [4.69, 9.17) is 17.3 Å². The van der Waals surface area contributed by atoms with Crippen molar-refractivity contribution in [3.05, 3.63) is 82.1 Å². The third-order valence-corrected chi connectivity index (χ3v) is 4.94. The van der Waals surface area contributed by atoms with Gasteiger partial charge in [-0.25, -0.2) is 24.3 Å². The monoisotopic (exact) mass is 451 g/mol. The molecular formula is C22H19ClFN7O. The number of nitrogen functional groups attached to an aromatic ring is 1. The summed E-state index contributed by atoms with van der Waals surface area (Å²) in [5, 5.41) is 0.516. The molecule has 0 saturated carbocycles. The predicted octanol–water partition coefficient (Wildman–Crippen LogP) is 4.07. The smallest absolute Gasteiger partial charge is 0.268 e. The van der Waals surface area contributed by atoms with E-state index in [1.54, 1.807) is 36.4 Å². The Morgan fingerprint density at radius 3 is 2.72 bits per heavy atom. The molecule has 0 amide bonds. The molecule has 0 spiro atoms. The Morgan fingerprint density at radius 1 is 1.16 bits per heavy atom. The van der Waals surface area contributed by atoms with Crippen molar-refractivity contribution in [2.75, 3.05) is 5.73 Å². The van der Waals surface area contributed by atoms with Crippen LogP contribution in [0.25, 0.3) is 27.8 Å². The van der Waals surface area contributed by atoms with Gasteiger partial charge in [0.25, 0.3) is 5.56 Å². The van der Waals surface area contributed by atoms with Crippen molar-refractivity contribution >= 4 is 39.5 Å². The van der Waals surface area contributed by atoms with Crippen molar-refractivity contribution in [1.82, 2.24) is 29.5 Å². The van der Waals surface area contributed by atoms with Gasteiger partial charge >= 0.3 is 0 Å². The van der Waals surface area contributed by atoms with Crippen LogP contribution < -0.4 is 11.3 Å². The number of rotatable bonds is 3. The molecular weight excluding hydrogens is 433 g/mol. The zero-order chi connectivity index (χ0) is 22.7. The Balaban J connectivity index is 0.000000203. The minimum absolute atomic E-state index is 0.00216. The summed E-state index contributed by atoms with van der Waals surface area (Å²) in [5.41, 5.74) is 7.35. The molecule has 0 saturated heterocycles. The Bertz CT molecular complexity index is 1460. The number of nitrogens with two attached hydrogens (primary N) is 1. The third kappa shape index (κ3) is 4.15. The lowest BCUT2D eigenvalue weighted by molar-refractivity contribution is 0.636. The largest absolute Gasteiger partial charge is 0.382 e. The van der Waals surface area contributed by atoms with Gasteiger partial charge in [0.1, 0.15) is 28.9 Å². The lowest BCUT2D eigenvalue weighted by Crippen LogP contribution is -2.24. The average molecular weight is 452 g/mol. The molecule has 0 aliphatic carbocycles. The number of fused-ring (bicyclic) bond motifs is 2. The van der Waals surface area contributed by atoms with Gasteiger partial charge in [-0.15, -0.1) is 0 Å². The molecule has 5 aromatic rings. The highest BCUT2D eigenvalue weighted by Crippen LogP contribution is 2.19. The molecule has 0 aliphatic heterocycles. The molecule has 0 atom stereocenters. The Morgan fingerprint density at radius 2 is 1.97 bits per heavy atom. The van der Waals surface area contributed by atoms with E-state index in [0.717, 1.165) is 6.42 Å². The fraction of sp³-hybridized carbons (Fsp3) is 0.136. The van der Waals surface area contributed by atoms with Gasteiger partial charge in [0.15, 0.2) is 11.5 Å². The summed E-state index contributed by atoms with van der Waals surface area (Å²) >= 11 is 6.02. The average Bonchev–Trinajstić information content (AvgIpc) is 3.25. The van der Waals surface area contributed by atoms with Crippen LogP contribution in [0.2, 0.25) is 5.02 Å². The number of hydrogen-bond donors (Lipinski definition) is 2. The number of aromatic amines is 1. The minimum Gasteiger partial charge on any atom is -0.382 e. The molecule has 10 heteroatoms. The van der Waals surface area contributed by atoms with Crippen molar-refractivity contribution in [2.24, 2.45) is 0 Å². The normalized spacial score (nSPS) is 10.8. The fourth-order valence-electron chi connectivity index (χ4n) is 3.29. The van der Waals surface area contributed by atoms with E-state index in [2.05, 4.69) is 24.9 Å². The minimum atomic E-state index is -0.561. The number of H-pyrrole nitrogens is 1. The summed E-state index contributed by atoms with van der Waals surface area (Å²) in [4.78, 5) is 31.6. The zero-order valence-corrected chi connectivity index (χ0v) is 17.8. The molecule has 0 aliphatic rings. The van der Waals surface area contributed by atoms with Crippen molar-refractivity contribution in [2.45, 2.75) is 19.8 Å². The van der Waals surface area contributed by atoms with Crippen LogP contribution in [0.4, 0.5) is 10.2 Å². The number of nitrogens with zero attached hydrogens (tertiary/aromatic N) is 5. The van der Waals surface area contributed by atoms with Crippen LogP contribution in [0.1, 0.15) is 19.2 Å². The van der Waals surface area contributed by atoms with E-state index in [1.165, 1.54) is 23.3 Å². The van der Waals surface area contributed by atoms with E-state index in [-0.39, 0.29) is 5.39 Å². The van der Waals surface area contributed by atoms with Crippen LogP contribution in [0.3, 0.4) is 0 Å². The summed E-state index contributed by atoms with van der Waals surface area (Å²) in [6, 6.07) is 11.4. The molecule has 3 heterocycles. The number of benzene rings is 2. The van der Waals surface area contributed by atoms with E-state index in [9.17, 15) is 9.18 Å². The highest BCUT2D eigenvalue weighted by atomic mass is 35.5. The maximum Gasteiger partial charge on any atom is 0.268 e. The molecule has 3 N–H and O–H groups in total. The van der Waals surface area contributed by atoms with Gasteiger partial charge in [-0.1, -0.05) is 30.7 Å². The van der Waals surface area contributed by atoms with E-state index >= 15 is 0 Å².